The van der Waals surface area contributed by atoms with Crippen molar-refractivity contribution in [3.63, 3.8) is 0 Å². The van der Waals surface area contributed by atoms with Crippen molar-refractivity contribution < 1.29 is 18.0 Å². The first-order valence-electron chi connectivity index (χ1n) is 7.80. The van der Waals surface area contributed by atoms with Crippen LogP contribution < -0.4 is 5.32 Å². The van der Waals surface area contributed by atoms with Gasteiger partial charge in [0.15, 0.2) is 15.6 Å². The number of ketones is 1. The lowest BCUT2D eigenvalue weighted by Gasteiger charge is -2.13. The summed E-state index contributed by atoms with van der Waals surface area (Å²) in [6.07, 6.45) is 0. The number of hydrogen-bond acceptors (Lipinski definition) is 6. The molecule has 1 heterocycles. The van der Waals surface area contributed by atoms with E-state index in [1.807, 2.05) is 0 Å². The van der Waals surface area contributed by atoms with E-state index in [9.17, 15) is 18.0 Å². The van der Waals surface area contributed by atoms with Crippen LogP contribution in [-0.4, -0.2) is 47.0 Å². The summed E-state index contributed by atoms with van der Waals surface area (Å²) in [7, 11) is -3.76. The monoisotopic (exact) mass is 372 g/mol. The normalized spacial score (nSPS) is 12.7. The maximum atomic E-state index is 12.3. The van der Waals surface area contributed by atoms with Gasteiger partial charge in [-0.15, -0.1) is 5.10 Å². The van der Waals surface area contributed by atoms with E-state index in [1.165, 1.54) is 19.1 Å². The number of benzene rings is 2. The Bertz CT molecular complexity index is 1060. The van der Waals surface area contributed by atoms with Gasteiger partial charge in [-0.05, 0) is 31.2 Å². The molecule has 9 heteroatoms. The summed E-state index contributed by atoms with van der Waals surface area (Å²) >= 11 is 0. The molecule has 0 saturated heterocycles. The van der Waals surface area contributed by atoms with Crippen molar-refractivity contribution in [3.8, 4) is 0 Å². The van der Waals surface area contributed by atoms with Gasteiger partial charge in [0.1, 0.15) is 11.3 Å². The number of hydrogen-bond donors (Lipinski definition) is 1. The zero-order chi connectivity index (χ0) is 18.7. The third-order valence-corrected chi connectivity index (χ3v) is 5.46. The highest BCUT2D eigenvalue weighted by Gasteiger charge is 2.25. The Morgan fingerprint density at radius 2 is 1.73 bits per heavy atom. The predicted octanol–water partition coefficient (Wildman–Crippen LogP) is 1.42. The molecule has 1 unspecified atom stereocenters. The molecule has 1 atom stereocenters. The van der Waals surface area contributed by atoms with Crippen LogP contribution in [0.4, 0.5) is 4.79 Å². The first-order chi connectivity index (χ1) is 12.4. The fourth-order valence-corrected chi connectivity index (χ4v) is 3.73. The standard InChI is InChI=1S/C17H16N4O4S/c1-12(16(22)11-26(24,25)13-7-3-2-4-8-13)18-17(23)21-15-10-6-5-9-14(15)19-20-21/h2-10,12H,11H2,1H3,(H,18,23). The Morgan fingerprint density at radius 1 is 1.08 bits per heavy atom. The van der Waals surface area contributed by atoms with Gasteiger partial charge in [0.25, 0.3) is 0 Å². The molecule has 3 rings (SSSR count). The number of rotatable bonds is 5. The number of carbonyl (C=O) groups excluding carboxylic acids is 2. The molecule has 1 amide bonds. The number of para-hydroxylation sites is 1. The lowest BCUT2D eigenvalue weighted by Crippen LogP contribution is -2.43. The van der Waals surface area contributed by atoms with E-state index in [0.29, 0.717) is 11.0 Å². The van der Waals surface area contributed by atoms with E-state index in [2.05, 4.69) is 15.6 Å². The molecule has 134 valence electrons. The maximum Gasteiger partial charge on any atom is 0.344 e. The average Bonchev–Trinajstić information content (AvgIpc) is 3.06. The summed E-state index contributed by atoms with van der Waals surface area (Å²) in [5, 5.41) is 10.1. The zero-order valence-corrected chi connectivity index (χ0v) is 14.7. The molecule has 8 nitrogen and oxygen atoms in total. The Balaban J connectivity index is 1.70. The molecule has 0 fully saturated rings. The van der Waals surface area contributed by atoms with Crippen molar-refractivity contribution in [2.24, 2.45) is 0 Å². The van der Waals surface area contributed by atoms with Crippen molar-refractivity contribution in [1.82, 2.24) is 20.3 Å². The minimum Gasteiger partial charge on any atom is -0.327 e. The Hall–Kier alpha value is -3.07. The predicted molar refractivity (Wildman–Crippen MR) is 94.4 cm³/mol. The molecule has 2 aromatic carbocycles. The van der Waals surface area contributed by atoms with Gasteiger partial charge in [-0.1, -0.05) is 35.5 Å². The largest absolute Gasteiger partial charge is 0.344 e. The fourth-order valence-electron chi connectivity index (χ4n) is 2.37. The molecular formula is C17H16N4O4S. The third-order valence-electron chi connectivity index (χ3n) is 3.80. The molecule has 0 radical (unpaired) electrons. The summed E-state index contributed by atoms with van der Waals surface area (Å²) in [5.41, 5.74) is 1.02. The quantitative estimate of drug-likeness (QED) is 0.725. The van der Waals surface area contributed by atoms with Gasteiger partial charge in [-0.2, -0.15) is 4.68 Å². The van der Waals surface area contributed by atoms with Gasteiger partial charge in [0.2, 0.25) is 0 Å². The van der Waals surface area contributed by atoms with Crippen molar-refractivity contribution in [2.45, 2.75) is 17.9 Å². The first-order valence-corrected chi connectivity index (χ1v) is 9.45. The molecule has 1 N–H and O–H groups in total. The van der Waals surface area contributed by atoms with E-state index >= 15 is 0 Å². The second kappa shape index (κ2) is 7.04. The molecule has 0 saturated carbocycles. The number of nitrogens with one attached hydrogen (secondary N) is 1. The zero-order valence-electron chi connectivity index (χ0n) is 13.9. The van der Waals surface area contributed by atoms with Crippen LogP contribution in [0.15, 0.2) is 59.5 Å². The molecule has 0 aliphatic rings. The van der Waals surface area contributed by atoms with Crippen molar-refractivity contribution in [1.29, 1.82) is 0 Å². The van der Waals surface area contributed by atoms with Crippen molar-refractivity contribution >= 4 is 32.7 Å². The number of aromatic nitrogens is 3. The Kier molecular flexibility index (Phi) is 4.81. The van der Waals surface area contributed by atoms with Gasteiger partial charge < -0.3 is 5.32 Å². The second-order valence-electron chi connectivity index (χ2n) is 5.70. The van der Waals surface area contributed by atoms with E-state index in [1.54, 1.807) is 42.5 Å². The maximum absolute atomic E-state index is 12.3. The van der Waals surface area contributed by atoms with Gasteiger partial charge >= 0.3 is 6.03 Å². The Labute approximate surface area is 149 Å². The number of Topliss-reactive ketones (excluding diaryl/α,β-unsaturated/α-hetero) is 1. The van der Waals surface area contributed by atoms with Gasteiger partial charge in [0.05, 0.1) is 16.5 Å². The van der Waals surface area contributed by atoms with E-state index in [-0.39, 0.29) is 4.90 Å². The SMILES string of the molecule is CC(NC(=O)n1nnc2ccccc21)C(=O)CS(=O)(=O)c1ccccc1. The highest BCUT2D eigenvalue weighted by molar-refractivity contribution is 7.92. The lowest BCUT2D eigenvalue weighted by molar-refractivity contribution is -0.118. The van der Waals surface area contributed by atoms with E-state index < -0.39 is 33.4 Å². The van der Waals surface area contributed by atoms with Crippen LogP contribution in [-0.2, 0) is 14.6 Å². The number of carbonyl (C=O) groups is 2. The van der Waals surface area contributed by atoms with Crippen molar-refractivity contribution in [2.75, 3.05) is 5.75 Å². The topological polar surface area (TPSA) is 111 Å². The number of sulfone groups is 1. The molecule has 26 heavy (non-hydrogen) atoms. The number of amides is 1. The van der Waals surface area contributed by atoms with E-state index in [4.69, 9.17) is 0 Å². The molecule has 3 aromatic rings. The lowest BCUT2D eigenvalue weighted by atomic mass is 10.2. The summed E-state index contributed by atoms with van der Waals surface area (Å²) in [6.45, 7) is 1.43. The molecule has 0 bridgehead atoms. The summed E-state index contributed by atoms with van der Waals surface area (Å²) in [5.74, 6) is -1.32. The molecule has 0 aliphatic heterocycles. The van der Waals surface area contributed by atoms with Crippen LogP contribution in [0, 0.1) is 0 Å². The molecule has 1 aromatic heterocycles. The van der Waals surface area contributed by atoms with Crippen LogP contribution in [0.1, 0.15) is 6.92 Å². The highest BCUT2D eigenvalue weighted by atomic mass is 32.2. The smallest absolute Gasteiger partial charge is 0.327 e. The van der Waals surface area contributed by atoms with E-state index in [0.717, 1.165) is 4.68 Å². The van der Waals surface area contributed by atoms with Crippen molar-refractivity contribution in [3.05, 3.63) is 54.6 Å². The van der Waals surface area contributed by atoms with Crippen LogP contribution >= 0.6 is 0 Å². The van der Waals surface area contributed by atoms with Gasteiger partial charge in [-0.3, -0.25) is 4.79 Å². The molecular weight excluding hydrogens is 356 g/mol. The average molecular weight is 372 g/mol. The second-order valence-corrected chi connectivity index (χ2v) is 7.69. The molecule has 0 spiro atoms. The minimum atomic E-state index is -3.76. The highest BCUT2D eigenvalue weighted by Crippen LogP contribution is 2.12. The third kappa shape index (κ3) is 3.62. The number of nitrogens with zero attached hydrogens (tertiary/aromatic N) is 3. The summed E-state index contributed by atoms with van der Waals surface area (Å²) < 4.78 is 25.6. The first kappa shape index (κ1) is 17.7. The summed E-state index contributed by atoms with van der Waals surface area (Å²) in [6, 6.07) is 12.9. The minimum absolute atomic E-state index is 0.0640. The Morgan fingerprint density at radius 3 is 2.46 bits per heavy atom. The fraction of sp³-hybridized carbons (Fsp3) is 0.176. The van der Waals surface area contributed by atoms with Crippen LogP contribution in [0.25, 0.3) is 11.0 Å². The van der Waals surface area contributed by atoms with Crippen LogP contribution in [0.5, 0.6) is 0 Å². The number of fused-ring (bicyclic) bond motifs is 1. The van der Waals surface area contributed by atoms with Gasteiger partial charge in [0, 0.05) is 0 Å². The van der Waals surface area contributed by atoms with Gasteiger partial charge in [-0.25, -0.2) is 13.2 Å². The van der Waals surface area contributed by atoms with Crippen LogP contribution in [0.3, 0.4) is 0 Å². The summed E-state index contributed by atoms with van der Waals surface area (Å²) in [4.78, 5) is 24.6. The van der Waals surface area contributed by atoms with Crippen LogP contribution in [0.2, 0.25) is 0 Å². The molecule has 0 aliphatic carbocycles.